The van der Waals surface area contributed by atoms with Crippen LogP contribution in [0.1, 0.15) is 31.1 Å². The number of nitrogens with one attached hydrogen (secondary N) is 1. The topological polar surface area (TPSA) is 81.8 Å². The molecule has 7 heteroatoms. The van der Waals surface area contributed by atoms with Crippen molar-refractivity contribution in [2.45, 2.75) is 31.7 Å². The number of carbonyl (C=O) groups excluding carboxylic acids is 1. The molecule has 140 valence electrons. The summed E-state index contributed by atoms with van der Waals surface area (Å²) in [6.45, 7) is 0. The molecule has 2 heterocycles. The van der Waals surface area contributed by atoms with Crippen LogP contribution in [0.4, 0.5) is 0 Å². The molecule has 0 aliphatic heterocycles. The summed E-state index contributed by atoms with van der Waals surface area (Å²) in [4.78, 5) is 34.3. The van der Waals surface area contributed by atoms with E-state index in [-0.39, 0.29) is 23.9 Å². The third-order valence-corrected chi connectivity index (χ3v) is 5.07. The standard InChI is InChI=1S/C21H19N5O2/c27-20(24-25-13-22-17-7-3-4-8-18(17)25)12-11-19-23-16-6-2-1-5-15(16)21(28)26(19)14-9-10-14/h1-8,13-14H,9-12H2,(H,24,27). The van der Waals surface area contributed by atoms with E-state index >= 15 is 0 Å². The van der Waals surface area contributed by atoms with Crippen molar-refractivity contribution >= 4 is 27.8 Å². The van der Waals surface area contributed by atoms with E-state index in [0.29, 0.717) is 23.1 Å². The second-order valence-corrected chi connectivity index (χ2v) is 7.09. The van der Waals surface area contributed by atoms with Gasteiger partial charge in [0.05, 0.1) is 21.9 Å². The van der Waals surface area contributed by atoms with Crippen LogP contribution in [0.15, 0.2) is 59.7 Å². The Morgan fingerprint density at radius 1 is 1.07 bits per heavy atom. The van der Waals surface area contributed by atoms with Crippen LogP contribution in [0.2, 0.25) is 0 Å². The SMILES string of the molecule is O=C(CCc1nc2ccccc2c(=O)n1C1CC1)Nn1cnc2ccccc21. The Morgan fingerprint density at radius 3 is 2.64 bits per heavy atom. The Bertz CT molecular complexity index is 1250. The Labute approximate surface area is 160 Å². The van der Waals surface area contributed by atoms with Gasteiger partial charge in [-0.05, 0) is 37.1 Å². The van der Waals surface area contributed by atoms with Crippen molar-refractivity contribution in [3.8, 4) is 0 Å². The van der Waals surface area contributed by atoms with E-state index in [1.165, 1.54) is 0 Å². The summed E-state index contributed by atoms with van der Waals surface area (Å²) in [5, 5.41) is 0.632. The smallest absolute Gasteiger partial charge is 0.261 e. The lowest BCUT2D eigenvalue weighted by Gasteiger charge is -2.13. The Hall–Kier alpha value is -3.48. The molecule has 0 atom stereocenters. The van der Waals surface area contributed by atoms with E-state index in [1.807, 2.05) is 48.5 Å². The molecule has 0 spiro atoms. The average molecular weight is 373 g/mol. The zero-order valence-corrected chi connectivity index (χ0v) is 15.2. The molecule has 1 N–H and O–H groups in total. The van der Waals surface area contributed by atoms with Gasteiger partial charge in [-0.1, -0.05) is 24.3 Å². The summed E-state index contributed by atoms with van der Waals surface area (Å²) in [6, 6.07) is 15.2. The molecule has 28 heavy (non-hydrogen) atoms. The molecular weight excluding hydrogens is 354 g/mol. The molecule has 1 fully saturated rings. The van der Waals surface area contributed by atoms with E-state index in [4.69, 9.17) is 0 Å². The van der Waals surface area contributed by atoms with Gasteiger partial charge in [-0.15, -0.1) is 0 Å². The first-order valence-corrected chi connectivity index (χ1v) is 9.43. The minimum atomic E-state index is -0.145. The average Bonchev–Trinajstić information content (AvgIpc) is 3.47. The van der Waals surface area contributed by atoms with Crippen molar-refractivity contribution in [2.24, 2.45) is 0 Å². The van der Waals surface area contributed by atoms with E-state index in [9.17, 15) is 9.59 Å². The molecular formula is C21H19N5O2. The monoisotopic (exact) mass is 373 g/mol. The van der Waals surface area contributed by atoms with Crippen LogP contribution in [0.5, 0.6) is 0 Å². The van der Waals surface area contributed by atoms with Gasteiger partial charge < -0.3 is 0 Å². The largest absolute Gasteiger partial charge is 0.293 e. The maximum atomic E-state index is 12.9. The van der Waals surface area contributed by atoms with Crippen LogP contribution >= 0.6 is 0 Å². The first-order valence-electron chi connectivity index (χ1n) is 9.43. The number of hydrogen-bond donors (Lipinski definition) is 1. The molecule has 4 aromatic rings. The number of nitrogens with zero attached hydrogens (tertiary/aromatic N) is 4. The van der Waals surface area contributed by atoms with Crippen molar-refractivity contribution in [2.75, 3.05) is 5.43 Å². The van der Waals surface area contributed by atoms with Gasteiger partial charge in [-0.25, -0.2) is 14.6 Å². The second-order valence-electron chi connectivity index (χ2n) is 7.09. The highest BCUT2D eigenvalue weighted by atomic mass is 16.2. The molecule has 1 saturated carbocycles. The van der Waals surface area contributed by atoms with Crippen LogP contribution in [-0.4, -0.2) is 25.1 Å². The van der Waals surface area contributed by atoms with Crippen LogP contribution in [0, 0.1) is 0 Å². The van der Waals surface area contributed by atoms with E-state index in [2.05, 4.69) is 15.4 Å². The fourth-order valence-electron chi connectivity index (χ4n) is 3.54. The molecule has 0 bridgehead atoms. The molecule has 1 amide bonds. The summed E-state index contributed by atoms with van der Waals surface area (Å²) >= 11 is 0. The molecule has 2 aromatic carbocycles. The Balaban J connectivity index is 1.39. The zero-order chi connectivity index (χ0) is 19.1. The summed E-state index contributed by atoms with van der Waals surface area (Å²) < 4.78 is 3.40. The van der Waals surface area contributed by atoms with Crippen LogP contribution in [0.3, 0.4) is 0 Å². The molecule has 5 rings (SSSR count). The third kappa shape index (κ3) is 2.94. The second kappa shape index (κ2) is 6.60. The fraction of sp³-hybridized carbons (Fsp3) is 0.238. The predicted octanol–water partition coefficient (Wildman–Crippen LogP) is 2.78. The number of fused-ring (bicyclic) bond motifs is 2. The van der Waals surface area contributed by atoms with Crippen molar-refractivity contribution in [3.05, 3.63) is 71.0 Å². The summed E-state index contributed by atoms with van der Waals surface area (Å²) in [6.07, 6.45) is 4.22. The van der Waals surface area contributed by atoms with Gasteiger partial charge in [0.15, 0.2) is 0 Å². The lowest BCUT2D eigenvalue weighted by atomic mass is 10.2. The molecule has 0 unspecified atom stereocenters. The van der Waals surface area contributed by atoms with Gasteiger partial charge in [0.2, 0.25) is 5.91 Å². The summed E-state index contributed by atoms with van der Waals surface area (Å²) in [5.74, 6) is 0.532. The van der Waals surface area contributed by atoms with Crippen molar-refractivity contribution < 1.29 is 4.79 Å². The maximum Gasteiger partial charge on any atom is 0.261 e. The lowest BCUT2D eigenvalue weighted by Crippen LogP contribution is -2.27. The fourth-order valence-corrected chi connectivity index (χ4v) is 3.54. The third-order valence-electron chi connectivity index (χ3n) is 5.07. The van der Waals surface area contributed by atoms with Crippen LogP contribution in [-0.2, 0) is 11.2 Å². The molecule has 2 aromatic heterocycles. The number of hydrogen-bond acceptors (Lipinski definition) is 4. The number of amides is 1. The summed E-state index contributed by atoms with van der Waals surface area (Å²) in [7, 11) is 0. The van der Waals surface area contributed by atoms with Crippen molar-refractivity contribution in [1.82, 2.24) is 19.2 Å². The normalized spacial score (nSPS) is 13.9. The quantitative estimate of drug-likeness (QED) is 0.583. The molecule has 1 aliphatic rings. The highest BCUT2D eigenvalue weighted by Crippen LogP contribution is 2.34. The van der Waals surface area contributed by atoms with E-state index in [0.717, 1.165) is 23.9 Å². The van der Waals surface area contributed by atoms with E-state index in [1.54, 1.807) is 15.6 Å². The van der Waals surface area contributed by atoms with Gasteiger partial charge >= 0.3 is 0 Å². The zero-order valence-electron chi connectivity index (χ0n) is 15.2. The number of carbonyl (C=O) groups is 1. The maximum absolute atomic E-state index is 12.9. The number of para-hydroxylation sites is 3. The number of aromatic nitrogens is 4. The van der Waals surface area contributed by atoms with Gasteiger partial charge in [0.1, 0.15) is 12.2 Å². The van der Waals surface area contributed by atoms with Crippen LogP contribution < -0.4 is 11.0 Å². The predicted molar refractivity (Wildman–Crippen MR) is 107 cm³/mol. The van der Waals surface area contributed by atoms with Gasteiger partial charge in [0.25, 0.3) is 5.56 Å². The van der Waals surface area contributed by atoms with Gasteiger partial charge in [-0.3, -0.25) is 19.6 Å². The number of imidazole rings is 1. The molecule has 0 radical (unpaired) electrons. The summed E-state index contributed by atoms with van der Waals surface area (Å²) in [5.41, 5.74) is 5.19. The van der Waals surface area contributed by atoms with Crippen molar-refractivity contribution in [1.29, 1.82) is 0 Å². The number of aryl methyl sites for hydroxylation is 1. The van der Waals surface area contributed by atoms with Gasteiger partial charge in [-0.2, -0.15) is 0 Å². The minimum absolute atomic E-state index is 0.0101. The first-order chi connectivity index (χ1) is 13.7. The van der Waals surface area contributed by atoms with Gasteiger partial charge in [0, 0.05) is 18.9 Å². The minimum Gasteiger partial charge on any atom is -0.293 e. The Kier molecular flexibility index (Phi) is 3.93. The van der Waals surface area contributed by atoms with Crippen LogP contribution in [0.25, 0.3) is 21.9 Å². The first kappa shape index (κ1) is 16.7. The highest BCUT2D eigenvalue weighted by molar-refractivity contribution is 5.86. The number of benzene rings is 2. The van der Waals surface area contributed by atoms with E-state index < -0.39 is 0 Å². The lowest BCUT2D eigenvalue weighted by molar-refractivity contribution is -0.117. The number of rotatable bonds is 5. The highest BCUT2D eigenvalue weighted by Gasteiger charge is 2.28. The Morgan fingerprint density at radius 2 is 1.82 bits per heavy atom. The molecule has 0 saturated heterocycles. The molecule has 1 aliphatic carbocycles. The van der Waals surface area contributed by atoms with Crippen molar-refractivity contribution in [3.63, 3.8) is 0 Å². The molecule has 7 nitrogen and oxygen atoms in total.